The molecule has 1 rings (SSSR count). The summed E-state index contributed by atoms with van der Waals surface area (Å²) in [6.07, 6.45) is 0. The Morgan fingerprint density at radius 2 is 2.00 bits per heavy atom. The molecule has 4 heteroatoms. The minimum Gasteiger partial charge on any atom is -0.468 e. The molecule has 1 N–H and O–H groups in total. The largest absolute Gasteiger partial charge is 0.468 e. The first-order chi connectivity index (χ1) is 8.60. The second-order valence-electron chi connectivity index (χ2n) is 4.25. The number of hydrogen-bond acceptors (Lipinski definition) is 4. The number of esters is 1. The number of ether oxygens (including phenoxy) is 2. The summed E-state index contributed by atoms with van der Waals surface area (Å²) in [5.41, 5.74) is 3.29. The van der Waals surface area contributed by atoms with Gasteiger partial charge in [-0.3, -0.25) is 5.32 Å². The van der Waals surface area contributed by atoms with E-state index < -0.39 is 6.04 Å². The minimum absolute atomic E-state index is 0.283. The molecule has 100 valence electrons. The van der Waals surface area contributed by atoms with Crippen LogP contribution in [0.15, 0.2) is 18.2 Å². The van der Waals surface area contributed by atoms with Crippen molar-refractivity contribution in [1.29, 1.82) is 0 Å². The van der Waals surface area contributed by atoms with Crippen LogP contribution in [0.3, 0.4) is 0 Å². The second kappa shape index (κ2) is 7.13. The highest BCUT2D eigenvalue weighted by Crippen LogP contribution is 2.18. The lowest BCUT2D eigenvalue weighted by Crippen LogP contribution is -2.32. The molecule has 0 bridgehead atoms. The third kappa shape index (κ3) is 3.82. The highest BCUT2D eigenvalue weighted by Gasteiger charge is 2.20. The fourth-order valence-electron chi connectivity index (χ4n) is 1.70. The number of carbonyl (C=O) groups is 1. The van der Waals surface area contributed by atoms with Gasteiger partial charge in [0.15, 0.2) is 0 Å². The molecule has 0 heterocycles. The van der Waals surface area contributed by atoms with E-state index in [1.165, 1.54) is 12.7 Å². The number of aryl methyl sites for hydroxylation is 2. The van der Waals surface area contributed by atoms with Crippen LogP contribution in [-0.2, 0) is 14.3 Å². The summed E-state index contributed by atoms with van der Waals surface area (Å²) in [5.74, 6) is -0.283. The van der Waals surface area contributed by atoms with Crippen LogP contribution >= 0.6 is 0 Å². The first-order valence-corrected chi connectivity index (χ1v) is 5.97. The Kier molecular flexibility index (Phi) is 5.82. The maximum atomic E-state index is 11.8. The van der Waals surface area contributed by atoms with Crippen LogP contribution in [-0.4, -0.2) is 33.3 Å². The average Bonchev–Trinajstić information content (AvgIpc) is 2.37. The van der Waals surface area contributed by atoms with Crippen molar-refractivity contribution < 1.29 is 14.3 Å². The van der Waals surface area contributed by atoms with Gasteiger partial charge in [-0.2, -0.15) is 0 Å². The molecule has 0 aromatic heterocycles. The van der Waals surface area contributed by atoms with Gasteiger partial charge in [-0.05, 0) is 30.5 Å². The van der Waals surface area contributed by atoms with Gasteiger partial charge in [-0.25, -0.2) is 4.79 Å². The maximum Gasteiger partial charge on any atom is 0.327 e. The molecule has 0 spiro atoms. The topological polar surface area (TPSA) is 47.6 Å². The molecule has 4 nitrogen and oxygen atoms in total. The smallest absolute Gasteiger partial charge is 0.327 e. The van der Waals surface area contributed by atoms with E-state index in [1.54, 1.807) is 7.11 Å². The molecule has 1 aromatic rings. The molecule has 0 aliphatic rings. The molecular formula is C14H21NO3. The highest BCUT2D eigenvalue weighted by molar-refractivity contribution is 5.77. The summed E-state index contributed by atoms with van der Waals surface area (Å²) in [5, 5.41) is 3.13. The van der Waals surface area contributed by atoms with E-state index >= 15 is 0 Å². The van der Waals surface area contributed by atoms with E-state index in [0.29, 0.717) is 13.2 Å². The Bertz CT molecular complexity index is 404. The van der Waals surface area contributed by atoms with Crippen molar-refractivity contribution in [2.45, 2.75) is 19.9 Å². The van der Waals surface area contributed by atoms with E-state index in [-0.39, 0.29) is 5.97 Å². The zero-order chi connectivity index (χ0) is 13.5. The zero-order valence-electron chi connectivity index (χ0n) is 11.4. The monoisotopic (exact) mass is 251 g/mol. The standard InChI is InChI=1S/C14H21NO3/c1-10-5-6-12(9-11(10)2)13(14(16)18-4)15-7-8-17-3/h5-6,9,13,15H,7-8H2,1-4H3. The van der Waals surface area contributed by atoms with Gasteiger partial charge in [0.2, 0.25) is 0 Å². The SMILES string of the molecule is COCCNC(C(=O)OC)c1ccc(C)c(C)c1. The Balaban J connectivity index is 2.87. The predicted molar refractivity (Wildman–Crippen MR) is 70.6 cm³/mol. The normalized spacial score (nSPS) is 12.2. The molecule has 0 saturated heterocycles. The van der Waals surface area contributed by atoms with E-state index in [1.807, 2.05) is 32.0 Å². The Morgan fingerprint density at radius 3 is 2.56 bits per heavy atom. The van der Waals surface area contributed by atoms with E-state index in [9.17, 15) is 4.79 Å². The zero-order valence-corrected chi connectivity index (χ0v) is 11.4. The predicted octanol–water partition coefficient (Wildman–Crippen LogP) is 1.75. The molecule has 18 heavy (non-hydrogen) atoms. The van der Waals surface area contributed by atoms with Gasteiger partial charge in [0, 0.05) is 13.7 Å². The van der Waals surface area contributed by atoms with E-state index in [4.69, 9.17) is 9.47 Å². The number of methoxy groups -OCH3 is 2. The number of rotatable bonds is 6. The van der Waals surface area contributed by atoms with Gasteiger partial charge in [0.25, 0.3) is 0 Å². The number of nitrogens with one attached hydrogen (secondary N) is 1. The van der Waals surface area contributed by atoms with Gasteiger partial charge < -0.3 is 9.47 Å². The Hall–Kier alpha value is -1.39. The number of hydrogen-bond donors (Lipinski definition) is 1. The molecule has 0 aliphatic heterocycles. The Labute approximate surface area is 108 Å². The summed E-state index contributed by atoms with van der Waals surface area (Å²) < 4.78 is 9.80. The van der Waals surface area contributed by atoms with Crippen LogP contribution < -0.4 is 5.32 Å². The lowest BCUT2D eigenvalue weighted by atomic mass is 10.0. The fraction of sp³-hybridized carbons (Fsp3) is 0.500. The summed E-state index contributed by atoms with van der Waals surface area (Å²) in [6.45, 7) is 5.23. The molecule has 0 amide bonds. The molecule has 1 aromatic carbocycles. The Morgan fingerprint density at radius 1 is 1.28 bits per heavy atom. The summed E-state index contributed by atoms with van der Waals surface area (Å²) in [4.78, 5) is 11.8. The molecule has 1 unspecified atom stereocenters. The summed E-state index contributed by atoms with van der Waals surface area (Å²) in [6, 6.07) is 5.53. The van der Waals surface area contributed by atoms with Crippen LogP contribution in [0.4, 0.5) is 0 Å². The first kappa shape index (κ1) is 14.7. The quantitative estimate of drug-likeness (QED) is 0.618. The first-order valence-electron chi connectivity index (χ1n) is 5.97. The van der Waals surface area contributed by atoms with Gasteiger partial charge in [-0.15, -0.1) is 0 Å². The third-order valence-corrected chi connectivity index (χ3v) is 2.96. The van der Waals surface area contributed by atoms with Crippen molar-refractivity contribution in [3.8, 4) is 0 Å². The molecular weight excluding hydrogens is 230 g/mol. The van der Waals surface area contributed by atoms with Gasteiger partial charge in [0.05, 0.1) is 13.7 Å². The van der Waals surface area contributed by atoms with Gasteiger partial charge >= 0.3 is 5.97 Å². The van der Waals surface area contributed by atoms with Crippen LogP contribution in [0.2, 0.25) is 0 Å². The minimum atomic E-state index is -0.440. The lowest BCUT2D eigenvalue weighted by Gasteiger charge is -2.17. The van der Waals surface area contributed by atoms with Crippen molar-refractivity contribution in [2.75, 3.05) is 27.4 Å². The van der Waals surface area contributed by atoms with Gasteiger partial charge in [-0.1, -0.05) is 18.2 Å². The second-order valence-corrected chi connectivity index (χ2v) is 4.25. The van der Waals surface area contributed by atoms with E-state index in [2.05, 4.69) is 5.32 Å². The lowest BCUT2D eigenvalue weighted by molar-refractivity contribution is -0.143. The third-order valence-electron chi connectivity index (χ3n) is 2.96. The van der Waals surface area contributed by atoms with Crippen LogP contribution in [0, 0.1) is 13.8 Å². The molecule has 0 saturated carbocycles. The van der Waals surface area contributed by atoms with Crippen molar-refractivity contribution in [1.82, 2.24) is 5.32 Å². The van der Waals surface area contributed by atoms with Crippen LogP contribution in [0.25, 0.3) is 0 Å². The van der Waals surface area contributed by atoms with Crippen LogP contribution in [0.1, 0.15) is 22.7 Å². The van der Waals surface area contributed by atoms with Crippen molar-refractivity contribution >= 4 is 5.97 Å². The summed E-state index contributed by atoms with van der Waals surface area (Å²) in [7, 11) is 3.03. The maximum absolute atomic E-state index is 11.8. The molecule has 0 radical (unpaired) electrons. The van der Waals surface area contributed by atoms with Crippen molar-refractivity contribution in [3.63, 3.8) is 0 Å². The highest BCUT2D eigenvalue weighted by atomic mass is 16.5. The fourth-order valence-corrected chi connectivity index (χ4v) is 1.70. The molecule has 1 atom stereocenters. The van der Waals surface area contributed by atoms with Crippen molar-refractivity contribution in [2.24, 2.45) is 0 Å². The van der Waals surface area contributed by atoms with Gasteiger partial charge in [0.1, 0.15) is 6.04 Å². The number of carbonyl (C=O) groups excluding carboxylic acids is 1. The molecule has 0 fully saturated rings. The average molecular weight is 251 g/mol. The number of benzene rings is 1. The molecule has 0 aliphatic carbocycles. The summed E-state index contributed by atoms with van der Waals surface area (Å²) >= 11 is 0. The van der Waals surface area contributed by atoms with Crippen molar-refractivity contribution in [3.05, 3.63) is 34.9 Å². The van der Waals surface area contributed by atoms with Crippen LogP contribution in [0.5, 0.6) is 0 Å². The van der Waals surface area contributed by atoms with E-state index in [0.717, 1.165) is 11.1 Å².